The van der Waals surface area contributed by atoms with E-state index in [9.17, 15) is 18.0 Å². The second-order valence-corrected chi connectivity index (χ2v) is 14.2. The van der Waals surface area contributed by atoms with Crippen LogP contribution >= 0.6 is 11.3 Å². The average molecular weight is 680 g/mol. The number of sulfonamides is 1. The molecule has 10 nitrogen and oxygen atoms in total. The molecule has 248 valence electrons. The number of aryl methyl sites for hydroxylation is 1. The number of hydrogen-bond acceptors (Lipinski definition) is 9. The van der Waals surface area contributed by atoms with Gasteiger partial charge in [0.2, 0.25) is 0 Å². The molecule has 0 spiro atoms. The summed E-state index contributed by atoms with van der Waals surface area (Å²) >= 11 is 1.17. The van der Waals surface area contributed by atoms with Crippen molar-refractivity contribution < 1.29 is 42.1 Å². The van der Waals surface area contributed by atoms with Gasteiger partial charge in [-0.05, 0) is 85.2 Å². The van der Waals surface area contributed by atoms with Gasteiger partial charge in [0.15, 0.2) is 18.1 Å². The Morgan fingerprint density at radius 2 is 1.72 bits per heavy atom. The highest BCUT2D eigenvalue weighted by molar-refractivity contribution is 7.91. The Balaban J connectivity index is 1.39. The van der Waals surface area contributed by atoms with Crippen LogP contribution in [0.5, 0.6) is 17.2 Å². The number of thiophene rings is 1. The molecule has 4 aromatic rings. The van der Waals surface area contributed by atoms with Crippen LogP contribution in [0.2, 0.25) is 0 Å². The number of aliphatic carboxylic acids is 1. The molecule has 47 heavy (non-hydrogen) atoms. The second-order valence-electron chi connectivity index (χ2n) is 11.0. The molecule has 5 rings (SSSR count). The number of hydrogen-bond donors (Lipinski definition) is 1. The number of rotatable bonds is 14. The molecule has 3 aromatic carbocycles. The molecule has 1 aliphatic rings. The van der Waals surface area contributed by atoms with Gasteiger partial charge in [-0.3, -0.25) is 4.79 Å². The molecular formula is C35H37NO9S2. The number of carbonyl (C=O) groups is 2. The van der Waals surface area contributed by atoms with E-state index >= 15 is 0 Å². The number of carboxylic acids is 1. The molecule has 1 N–H and O–H groups in total. The van der Waals surface area contributed by atoms with Gasteiger partial charge in [-0.1, -0.05) is 48.5 Å². The van der Waals surface area contributed by atoms with E-state index in [4.69, 9.17) is 24.1 Å². The Morgan fingerprint density at radius 3 is 2.47 bits per heavy atom. The normalized spacial score (nSPS) is 15.8. The molecule has 1 aliphatic heterocycles. The molecule has 0 radical (unpaired) electrons. The Morgan fingerprint density at radius 1 is 0.936 bits per heavy atom. The van der Waals surface area contributed by atoms with Crippen molar-refractivity contribution in [2.45, 2.75) is 48.5 Å². The third kappa shape index (κ3) is 8.31. The lowest BCUT2D eigenvalue weighted by atomic mass is 10.00. The number of carboxylic acid groups (broad SMARTS) is 1. The quantitative estimate of drug-likeness (QED) is 0.152. The third-order valence-electron chi connectivity index (χ3n) is 7.92. The van der Waals surface area contributed by atoms with Gasteiger partial charge in [-0.2, -0.15) is 4.31 Å². The Bertz CT molecular complexity index is 1790. The van der Waals surface area contributed by atoms with Gasteiger partial charge in [0.1, 0.15) is 22.1 Å². The van der Waals surface area contributed by atoms with Crippen molar-refractivity contribution in [3.05, 3.63) is 96.1 Å². The maximum Gasteiger partial charge on any atom is 0.341 e. The maximum atomic E-state index is 13.9. The molecule has 1 saturated heterocycles. The number of piperidine rings is 1. The van der Waals surface area contributed by atoms with Crippen LogP contribution in [0.25, 0.3) is 10.4 Å². The van der Waals surface area contributed by atoms with E-state index in [-0.39, 0.29) is 10.8 Å². The summed E-state index contributed by atoms with van der Waals surface area (Å²) in [5, 5.41) is 9.07. The Hall–Kier alpha value is -4.39. The van der Waals surface area contributed by atoms with Crippen LogP contribution in [0.1, 0.15) is 42.9 Å². The molecule has 0 amide bonds. The summed E-state index contributed by atoms with van der Waals surface area (Å²) in [5.41, 5.74) is 2.42. The molecule has 1 fully saturated rings. The topological polar surface area (TPSA) is 129 Å². The largest absolute Gasteiger partial charge is 0.493 e. The lowest BCUT2D eigenvalue weighted by Gasteiger charge is -2.33. The van der Waals surface area contributed by atoms with Crippen LogP contribution < -0.4 is 14.2 Å². The molecular weight excluding hydrogens is 643 g/mol. The van der Waals surface area contributed by atoms with Crippen LogP contribution in [0.4, 0.5) is 0 Å². The minimum Gasteiger partial charge on any atom is -0.493 e. The van der Waals surface area contributed by atoms with E-state index in [1.54, 1.807) is 56.7 Å². The van der Waals surface area contributed by atoms with Crippen LogP contribution in [0.3, 0.4) is 0 Å². The maximum absolute atomic E-state index is 13.9. The summed E-state index contributed by atoms with van der Waals surface area (Å²) in [6, 6.07) is 24.2. The van der Waals surface area contributed by atoms with E-state index in [0.29, 0.717) is 54.9 Å². The first-order chi connectivity index (χ1) is 22.7. The summed E-state index contributed by atoms with van der Waals surface area (Å²) in [4.78, 5) is 25.8. The summed E-state index contributed by atoms with van der Waals surface area (Å²) < 4.78 is 51.7. The van der Waals surface area contributed by atoms with Crippen LogP contribution in [0, 0.1) is 0 Å². The van der Waals surface area contributed by atoms with Crippen molar-refractivity contribution in [1.82, 2.24) is 4.31 Å². The molecule has 0 bridgehead atoms. The zero-order valence-electron chi connectivity index (χ0n) is 26.2. The number of carbonyl (C=O) groups excluding carboxylic acids is 1. The van der Waals surface area contributed by atoms with Gasteiger partial charge in [0.05, 0.1) is 14.2 Å². The fourth-order valence-corrected chi connectivity index (χ4v) is 8.64. The number of esters is 1. The highest BCUT2D eigenvalue weighted by Gasteiger charge is 2.40. The minimum atomic E-state index is -3.99. The van der Waals surface area contributed by atoms with Crippen molar-refractivity contribution in [3.63, 3.8) is 0 Å². The first-order valence-corrected chi connectivity index (χ1v) is 17.5. The van der Waals surface area contributed by atoms with Gasteiger partial charge in [-0.25, -0.2) is 13.2 Å². The monoisotopic (exact) mass is 679 g/mol. The van der Waals surface area contributed by atoms with Crippen LogP contribution in [0.15, 0.2) is 89.1 Å². The van der Waals surface area contributed by atoms with Crippen LogP contribution in [-0.4, -0.2) is 63.2 Å². The van der Waals surface area contributed by atoms with Crippen molar-refractivity contribution in [2.24, 2.45) is 0 Å². The lowest BCUT2D eigenvalue weighted by molar-refractivity contribution is -0.155. The second kappa shape index (κ2) is 15.5. The van der Waals surface area contributed by atoms with E-state index in [0.717, 1.165) is 16.0 Å². The smallest absolute Gasteiger partial charge is 0.341 e. The summed E-state index contributed by atoms with van der Waals surface area (Å²) in [6.07, 6.45) is 1.71. The molecule has 12 heteroatoms. The molecule has 1 aromatic heterocycles. The van der Waals surface area contributed by atoms with Crippen molar-refractivity contribution >= 4 is 33.3 Å². The van der Waals surface area contributed by atoms with Crippen molar-refractivity contribution in [1.29, 1.82) is 0 Å². The lowest BCUT2D eigenvalue weighted by Crippen LogP contribution is -2.48. The van der Waals surface area contributed by atoms with Crippen molar-refractivity contribution in [3.8, 4) is 27.7 Å². The predicted molar refractivity (Wildman–Crippen MR) is 178 cm³/mol. The van der Waals surface area contributed by atoms with E-state index < -0.39 is 40.7 Å². The Labute approximate surface area is 278 Å². The van der Waals surface area contributed by atoms with Gasteiger partial charge in [-0.15, -0.1) is 11.3 Å². The number of benzene rings is 3. The molecule has 2 atom stereocenters. The highest BCUT2D eigenvalue weighted by Crippen LogP contribution is 2.36. The Kier molecular flexibility index (Phi) is 11.2. The minimum absolute atomic E-state index is 0.171. The molecule has 0 saturated carbocycles. The van der Waals surface area contributed by atoms with Crippen LogP contribution in [-0.2, 0) is 30.8 Å². The summed E-state index contributed by atoms with van der Waals surface area (Å²) in [7, 11) is -0.876. The predicted octanol–water partition coefficient (Wildman–Crippen LogP) is 6.36. The fourth-order valence-electron chi connectivity index (χ4n) is 5.56. The highest BCUT2D eigenvalue weighted by atomic mass is 32.2. The zero-order chi connectivity index (χ0) is 33.4. The number of nitrogens with zero attached hydrogens (tertiary/aromatic N) is 1. The standard InChI is InChI=1S/C35H37NO9S2/c1-42-30-17-15-24(21-31(30)43-2)14-16-29(26-11-8-12-27(22-26)44-23-33(37)38)45-35(39)28-13-6-7-20-36(28)47(40,41)34-19-18-32(46-34)25-9-4-3-5-10-25/h3-5,8-12,15,17-19,21-22,28-29H,6-7,13-14,16,20,23H2,1-2H3,(H,37,38)/t28-,29+/m0/s1. The number of methoxy groups -OCH3 is 2. The number of ether oxygens (including phenoxy) is 4. The molecule has 0 aliphatic carbocycles. The molecule has 0 unspecified atom stereocenters. The third-order valence-corrected chi connectivity index (χ3v) is 11.4. The SMILES string of the molecule is COc1ccc(CC[C@@H](OC(=O)[C@@H]2CCCCN2S(=O)(=O)c2ccc(-c3ccccc3)s2)c2cccc(OCC(=O)O)c2)cc1OC. The van der Waals surface area contributed by atoms with E-state index in [1.165, 1.54) is 15.6 Å². The fraction of sp³-hybridized carbons (Fsp3) is 0.314. The first kappa shape index (κ1) is 34.0. The van der Waals surface area contributed by atoms with E-state index in [1.807, 2.05) is 42.5 Å². The van der Waals surface area contributed by atoms with Gasteiger partial charge in [0, 0.05) is 11.4 Å². The van der Waals surface area contributed by atoms with Gasteiger partial charge >= 0.3 is 11.9 Å². The zero-order valence-corrected chi connectivity index (χ0v) is 27.8. The summed E-state index contributed by atoms with van der Waals surface area (Å²) in [6.45, 7) is -0.321. The van der Waals surface area contributed by atoms with E-state index in [2.05, 4.69) is 0 Å². The van der Waals surface area contributed by atoms with Gasteiger partial charge < -0.3 is 24.1 Å². The molecule has 2 heterocycles. The van der Waals surface area contributed by atoms with Crippen molar-refractivity contribution in [2.75, 3.05) is 27.4 Å². The first-order valence-electron chi connectivity index (χ1n) is 15.2. The van der Waals surface area contributed by atoms with Gasteiger partial charge in [0.25, 0.3) is 10.0 Å². The summed E-state index contributed by atoms with van der Waals surface area (Å²) in [5.74, 6) is -0.294. The average Bonchev–Trinajstić information content (AvgIpc) is 3.61.